The molecule has 0 radical (unpaired) electrons. The van der Waals surface area contributed by atoms with E-state index in [4.69, 9.17) is 5.11 Å². The summed E-state index contributed by atoms with van der Waals surface area (Å²) in [5, 5.41) is 11.8. The Kier molecular flexibility index (Phi) is 4.18. The van der Waals surface area contributed by atoms with Crippen molar-refractivity contribution < 1.29 is 14.3 Å². The van der Waals surface area contributed by atoms with Crippen LogP contribution in [0.2, 0.25) is 0 Å². The lowest BCUT2D eigenvalue weighted by atomic mass is 10.1. The van der Waals surface area contributed by atoms with Gasteiger partial charge in [-0.3, -0.25) is 4.79 Å². The molecule has 0 unspecified atom stereocenters. The van der Waals surface area contributed by atoms with E-state index in [1.54, 1.807) is 12.1 Å². The molecule has 18 heavy (non-hydrogen) atoms. The van der Waals surface area contributed by atoms with E-state index in [2.05, 4.69) is 5.32 Å². The first-order chi connectivity index (χ1) is 8.65. The largest absolute Gasteiger partial charge is 0.481 e. The molecule has 1 aromatic carbocycles. The number of carboxylic acid groups (broad SMARTS) is 1. The Morgan fingerprint density at radius 1 is 1.39 bits per heavy atom. The zero-order chi connectivity index (χ0) is 13.0. The van der Waals surface area contributed by atoms with Gasteiger partial charge in [0.1, 0.15) is 5.82 Å². The molecule has 0 bridgehead atoms. The van der Waals surface area contributed by atoms with Crippen LogP contribution in [0.3, 0.4) is 0 Å². The number of rotatable bonds is 5. The first kappa shape index (κ1) is 12.9. The average molecular weight is 251 g/mol. The molecule has 1 fully saturated rings. The molecule has 0 heterocycles. The fourth-order valence-electron chi connectivity index (χ4n) is 2.37. The Hall–Kier alpha value is -1.58. The molecule has 0 amide bonds. The highest BCUT2D eigenvalue weighted by Gasteiger charge is 2.16. The van der Waals surface area contributed by atoms with Crippen LogP contribution in [0, 0.1) is 5.82 Å². The monoisotopic (exact) mass is 251 g/mol. The van der Waals surface area contributed by atoms with Crippen LogP contribution in [0.1, 0.15) is 37.7 Å². The number of aliphatic carboxylic acids is 1. The van der Waals surface area contributed by atoms with Crippen molar-refractivity contribution in [2.24, 2.45) is 0 Å². The van der Waals surface area contributed by atoms with E-state index in [-0.39, 0.29) is 12.2 Å². The van der Waals surface area contributed by atoms with E-state index in [0.29, 0.717) is 18.2 Å². The molecule has 1 aliphatic carbocycles. The topological polar surface area (TPSA) is 49.3 Å². The van der Waals surface area contributed by atoms with Crippen LogP contribution in [0.5, 0.6) is 0 Å². The van der Waals surface area contributed by atoms with Gasteiger partial charge in [-0.15, -0.1) is 0 Å². The van der Waals surface area contributed by atoms with Gasteiger partial charge in [-0.1, -0.05) is 18.9 Å². The summed E-state index contributed by atoms with van der Waals surface area (Å²) in [7, 11) is 0. The molecule has 4 heteroatoms. The molecule has 2 N–H and O–H groups in total. The summed E-state index contributed by atoms with van der Waals surface area (Å²) in [5.74, 6) is -1.15. The highest BCUT2D eigenvalue weighted by atomic mass is 19.1. The Morgan fingerprint density at radius 3 is 2.72 bits per heavy atom. The Morgan fingerprint density at radius 2 is 2.11 bits per heavy atom. The maximum atomic E-state index is 13.8. The zero-order valence-corrected chi connectivity index (χ0v) is 10.3. The van der Waals surface area contributed by atoms with E-state index < -0.39 is 5.97 Å². The molecule has 1 aliphatic rings. The van der Waals surface area contributed by atoms with Crippen molar-refractivity contribution in [1.29, 1.82) is 0 Å². The van der Waals surface area contributed by atoms with Gasteiger partial charge in [0.25, 0.3) is 0 Å². The number of hydrogen-bond donors (Lipinski definition) is 2. The van der Waals surface area contributed by atoms with E-state index >= 15 is 0 Å². The van der Waals surface area contributed by atoms with Crippen molar-refractivity contribution in [3.63, 3.8) is 0 Å². The summed E-state index contributed by atoms with van der Waals surface area (Å²) in [6, 6.07) is 5.32. The lowest BCUT2D eigenvalue weighted by Gasteiger charge is -2.14. The highest BCUT2D eigenvalue weighted by molar-refractivity contribution is 5.67. The second kappa shape index (κ2) is 5.85. The van der Waals surface area contributed by atoms with Crippen LogP contribution in [-0.4, -0.2) is 17.1 Å². The molecule has 1 saturated carbocycles. The minimum Gasteiger partial charge on any atom is -0.481 e. The molecule has 0 aliphatic heterocycles. The van der Waals surface area contributed by atoms with Gasteiger partial charge in [-0.25, -0.2) is 4.39 Å². The quantitative estimate of drug-likeness (QED) is 0.845. The Bertz CT molecular complexity index is 428. The standard InChI is InChI=1S/C14H18FNO2/c15-12-9-10(6-8-14(17)18)5-7-13(12)16-11-3-1-2-4-11/h5,7,9,11,16H,1-4,6,8H2,(H,17,18). The third kappa shape index (κ3) is 3.45. The van der Waals surface area contributed by atoms with Gasteiger partial charge in [0.15, 0.2) is 0 Å². The summed E-state index contributed by atoms with van der Waals surface area (Å²) in [4.78, 5) is 10.4. The molecule has 0 atom stereocenters. The Balaban J connectivity index is 1.97. The van der Waals surface area contributed by atoms with Gasteiger partial charge in [-0.05, 0) is 37.0 Å². The fourth-order valence-corrected chi connectivity index (χ4v) is 2.37. The van der Waals surface area contributed by atoms with Crippen molar-refractivity contribution in [2.45, 2.75) is 44.6 Å². The molecule has 98 valence electrons. The van der Waals surface area contributed by atoms with Gasteiger partial charge in [0.05, 0.1) is 5.69 Å². The van der Waals surface area contributed by atoms with Crippen molar-refractivity contribution in [3.8, 4) is 0 Å². The van der Waals surface area contributed by atoms with Crippen LogP contribution < -0.4 is 5.32 Å². The average Bonchev–Trinajstić information content (AvgIpc) is 2.82. The van der Waals surface area contributed by atoms with Crippen molar-refractivity contribution in [3.05, 3.63) is 29.6 Å². The maximum Gasteiger partial charge on any atom is 0.303 e. The van der Waals surface area contributed by atoms with Gasteiger partial charge in [0.2, 0.25) is 0 Å². The van der Waals surface area contributed by atoms with Crippen LogP contribution >= 0.6 is 0 Å². The van der Waals surface area contributed by atoms with Crippen molar-refractivity contribution in [1.82, 2.24) is 0 Å². The minimum absolute atomic E-state index is 0.0365. The summed E-state index contributed by atoms with van der Waals surface area (Å²) in [6.07, 6.45) is 5.01. The van der Waals surface area contributed by atoms with Crippen LogP contribution in [-0.2, 0) is 11.2 Å². The number of benzene rings is 1. The van der Waals surface area contributed by atoms with E-state index in [9.17, 15) is 9.18 Å². The summed E-state index contributed by atoms with van der Waals surface area (Å²) < 4.78 is 13.8. The predicted octanol–water partition coefficient (Wildman–Crippen LogP) is 3.20. The summed E-state index contributed by atoms with van der Waals surface area (Å²) in [6.45, 7) is 0. The number of carbonyl (C=O) groups is 1. The van der Waals surface area contributed by atoms with Crippen LogP contribution in [0.4, 0.5) is 10.1 Å². The van der Waals surface area contributed by atoms with Crippen molar-refractivity contribution >= 4 is 11.7 Å². The fraction of sp³-hybridized carbons (Fsp3) is 0.500. The first-order valence-electron chi connectivity index (χ1n) is 6.42. The lowest BCUT2D eigenvalue weighted by Crippen LogP contribution is -2.15. The van der Waals surface area contributed by atoms with E-state index in [1.165, 1.54) is 18.9 Å². The summed E-state index contributed by atoms with van der Waals surface area (Å²) in [5.41, 5.74) is 1.26. The number of carboxylic acids is 1. The number of aryl methyl sites for hydroxylation is 1. The molecule has 3 nitrogen and oxygen atoms in total. The van der Waals surface area contributed by atoms with Gasteiger partial charge >= 0.3 is 5.97 Å². The maximum absolute atomic E-state index is 13.8. The number of nitrogens with one attached hydrogen (secondary N) is 1. The van der Waals surface area contributed by atoms with Gasteiger partial charge in [-0.2, -0.15) is 0 Å². The zero-order valence-electron chi connectivity index (χ0n) is 10.3. The lowest BCUT2D eigenvalue weighted by molar-refractivity contribution is -0.136. The predicted molar refractivity (Wildman–Crippen MR) is 68.2 cm³/mol. The normalized spacial score (nSPS) is 15.8. The molecular formula is C14H18FNO2. The van der Waals surface area contributed by atoms with Crippen LogP contribution in [0.15, 0.2) is 18.2 Å². The Labute approximate surface area is 106 Å². The minimum atomic E-state index is -0.858. The van der Waals surface area contributed by atoms with E-state index in [0.717, 1.165) is 18.4 Å². The number of halogens is 1. The number of hydrogen-bond acceptors (Lipinski definition) is 2. The summed E-state index contributed by atoms with van der Waals surface area (Å²) >= 11 is 0. The van der Waals surface area contributed by atoms with Gasteiger partial charge in [0, 0.05) is 12.5 Å². The van der Waals surface area contributed by atoms with E-state index in [1.807, 2.05) is 0 Å². The number of anilines is 1. The molecule has 1 aromatic rings. The highest BCUT2D eigenvalue weighted by Crippen LogP contribution is 2.24. The van der Waals surface area contributed by atoms with Crippen molar-refractivity contribution in [2.75, 3.05) is 5.32 Å². The smallest absolute Gasteiger partial charge is 0.303 e. The molecule has 2 rings (SSSR count). The second-order valence-electron chi connectivity index (χ2n) is 4.83. The molecule has 0 saturated heterocycles. The first-order valence-corrected chi connectivity index (χ1v) is 6.42. The molecule has 0 aromatic heterocycles. The molecule has 0 spiro atoms. The van der Waals surface area contributed by atoms with Gasteiger partial charge < -0.3 is 10.4 Å². The second-order valence-corrected chi connectivity index (χ2v) is 4.83. The third-order valence-electron chi connectivity index (χ3n) is 3.38. The molecular weight excluding hydrogens is 233 g/mol. The van der Waals surface area contributed by atoms with Crippen LogP contribution in [0.25, 0.3) is 0 Å². The third-order valence-corrected chi connectivity index (χ3v) is 3.38. The SMILES string of the molecule is O=C(O)CCc1ccc(NC2CCCC2)c(F)c1.